The van der Waals surface area contributed by atoms with Gasteiger partial charge < -0.3 is 36.0 Å². The molecule has 0 aliphatic heterocycles. The Morgan fingerprint density at radius 2 is 0.737 bits per heavy atom. The van der Waals surface area contributed by atoms with Gasteiger partial charge in [0.1, 0.15) is 0 Å². The molecule has 0 saturated heterocycles. The second-order valence-electron chi connectivity index (χ2n) is 7.97. The van der Waals surface area contributed by atoms with Gasteiger partial charge in [-0.2, -0.15) is 0 Å². The average Bonchev–Trinajstić information content (AvgIpc) is 2.86. The van der Waals surface area contributed by atoms with E-state index in [9.17, 15) is 9.59 Å². The fourth-order valence-corrected chi connectivity index (χ4v) is 8.82. The fourth-order valence-electron chi connectivity index (χ4n) is 3.29. The molecule has 12 heteroatoms. The van der Waals surface area contributed by atoms with Crippen molar-refractivity contribution in [2.24, 2.45) is 0 Å². The summed E-state index contributed by atoms with van der Waals surface area (Å²) in [4.78, 5) is 23.4. The Hall–Kier alpha value is -1.39. The molecule has 0 aliphatic carbocycles. The lowest BCUT2D eigenvalue weighted by Crippen LogP contribution is -2.58. The summed E-state index contributed by atoms with van der Waals surface area (Å²) in [5.74, 6) is -0.884. The maximum Gasteiger partial charge on any atom is 0.544 e. The van der Waals surface area contributed by atoms with Crippen molar-refractivity contribution in [1.29, 1.82) is 0 Å². The summed E-state index contributed by atoms with van der Waals surface area (Å²) >= 11 is 0. The summed E-state index contributed by atoms with van der Waals surface area (Å²) in [6, 6.07) is 0. The van der Waals surface area contributed by atoms with Crippen LogP contribution >= 0.6 is 0 Å². The first-order valence-corrected chi connectivity index (χ1v) is 17.1. The maximum atomic E-state index is 11.7. The Balaban J connectivity index is 0. The van der Waals surface area contributed by atoms with Gasteiger partial charge in [0, 0.05) is 50.8 Å². The fraction of sp³-hybridized carbons (Fsp3) is 0.769. The van der Waals surface area contributed by atoms with Gasteiger partial charge in [0.25, 0.3) is 0 Å². The third-order valence-corrected chi connectivity index (χ3v) is 11.6. The number of hydrogen-bond acceptors (Lipinski definition) is 10. The largest absolute Gasteiger partial charge is 0.544 e. The zero-order valence-electron chi connectivity index (χ0n) is 25.3. The van der Waals surface area contributed by atoms with E-state index in [2.05, 4.69) is 13.2 Å². The number of carbonyl (C=O) groups excluding carboxylic acids is 2. The highest BCUT2D eigenvalue weighted by molar-refractivity contribution is 6.62. The summed E-state index contributed by atoms with van der Waals surface area (Å²) in [7, 11) is -6.04. The highest BCUT2D eigenvalue weighted by atomic mass is 28.4. The molecule has 224 valence electrons. The van der Waals surface area contributed by atoms with Crippen molar-refractivity contribution in [2.75, 3.05) is 39.6 Å². The van der Waals surface area contributed by atoms with E-state index in [1.54, 1.807) is 13.8 Å². The van der Waals surface area contributed by atoms with Crippen LogP contribution in [0.15, 0.2) is 24.3 Å². The Morgan fingerprint density at radius 3 is 0.868 bits per heavy atom. The van der Waals surface area contributed by atoms with Gasteiger partial charge in [0.2, 0.25) is 0 Å². The molecular formula is C26H52O10Si2. The highest BCUT2D eigenvalue weighted by Crippen LogP contribution is 2.23. The van der Waals surface area contributed by atoms with Gasteiger partial charge >= 0.3 is 29.5 Å². The molecule has 0 aliphatic rings. The molecule has 0 aromatic heterocycles. The van der Waals surface area contributed by atoms with E-state index in [1.807, 2.05) is 55.4 Å². The van der Waals surface area contributed by atoms with Gasteiger partial charge in [0.15, 0.2) is 11.5 Å². The van der Waals surface area contributed by atoms with E-state index in [0.717, 1.165) is 0 Å². The maximum absolute atomic E-state index is 11.7. The normalized spacial score (nSPS) is 13.1. The zero-order valence-corrected chi connectivity index (χ0v) is 27.3. The molecule has 0 aromatic carbocycles. The van der Waals surface area contributed by atoms with Crippen LogP contribution in [0.4, 0.5) is 0 Å². The number of ether oxygens (including phenoxy) is 2. The van der Waals surface area contributed by atoms with Gasteiger partial charge in [-0.15, -0.1) is 0 Å². The van der Waals surface area contributed by atoms with Gasteiger partial charge in [-0.1, -0.05) is 27.0 Å². The Kier molecular flexibility index (Phi) is 21.9. The molecule has 0 spiro atoms. The molecule has 0 bridgehead atoms. The minimum absolute atomic E-state index is 0.353. The molecule has 2 atom stereocenters. The Bertz CT molecular complexity index is 609. The van der Waals surface area contributed by atoms with Gasteiger partial charge in [0.05, 0.1) is 0 Å². The number of esters is 2. The van der Waals surface area contributed by atoms with Crippen LogP contribution < -0.4 is 0 Å². The van der Waals surface area contributed by atoms with Gasteiger partial charge in [-0.25, -0.2) is 9.59 Å². The van der Waals surface area contributed by atoms with Crippen LogP contribution in [0.25, 0.3) is 0 Å². The van der Waals surface area contributed by atoms with Gasteiger partial charge in [-0.05, 0) is 68.2 Å². The number of rotatable bonds is 20. The van der Waals surface area contributed by atoms with E-state index in [0.29, 0.717) is 63.6 Å². The first kappa shape index (κ1) is 38.8. The second kappa shape index (κ2) is 21.4. The van der Waals surface area contributed by atoms with E-state index in [4.69, 9.17) is 36.0 Å². The lowest BCUT2D eigenvalue weighted by Gasteiger charge is -2.34. The highest BCUT2D eigenvalue weighted by Gasteiger charge is 2.52. The summed E-state index contributed by atoms with van der Waals surface area (Å²) in [5, 5.41) is 0. The summed E-state index contributed by atoms with van der Waals surface area (Å²) < 4.78 is 45.3. The van der Waals surface area contributed by atoms with Crippen LogP contribution in [-0.2, 0) is 45.6 Å². The predicted octanol–water partition coefficient (Wildman–Crippen LogP) is 4.94. The molecule has 0 rings (SSSR count). The third kappa shape index (κ3) is 13.1. The average molecular weight is 581 g/mol. The van der Waals surface area contributed by atoms with Crippen LogP contribution in [-0.4, -0.2) is 80.6 Å². The van der Waals surface area contributed by atoms with Crippen molar-refractivity contribution in [3.63, 3.8) is 0 Å². The minimum atomic E-state index is -3.02. The van der Waals surface area contributed by atoms with Crippen molar-refractivity contribution < 1.29 is 45.6 Å². The molecule has 0 amide bonds. The third-order valence-electron chi connectivity index (χ3n) is 4.80. The first-order chi connectivity index (χ1) is 17.9. The van der Waals surface area contributed by atoms with Crippen LogP contribution in [0.1, 0.15) is 82.1 Å². The summed E-state index contributed by atoms with van der Waals surface area (Å²) in [6.07, 6.45) is 1.15. The van der Waals surface area contributed by atoms with E-state index in [1.165, 1.54) is 0 Å². The van der Waals surface area contributed by atoms with Crippen molar-refractivity contribution in [3.8, 4) is 0 Å². The quantitative estimate of drug-likeness (QED) is 0.112. The van der Waals surface area contributed by atoms with Crippen molar-refractivity contribution in [1.82, 2.24) is 0 Å². The minimum Gasteiger partial charge on any atom is -0.454 e. The molecule has 0 radical (unpaired) electrons. The lowest BCUT2D eigenvalue weighted by atomic mass is 10.4. The number of hydrogen-bond donors (Lipinski definition) is 0. The standard InChI is InChI=1S/2C13H26O5Si/c2*1-7-12(18-13(14)11(5)6)19(15-8-2,16-9-3)17-10-4/h2*12H,5,7-10H2,1-4,6H3. The SMILES string of the molecule is C=C(C)C(=O)OC(CC)[Si](OCC)(OCC)OCC.C=C(C)C(=O)OC(CC)[Si](OCC)(OCC)OCC. The topological polar surface area (TPSA) is 108 Å². The number of carbonyl (C=O) groups is 2. The summed E-state index contributed by atoms with van der Waals surface area (Å²) in [5.41, 5.74) is -0.301. The second-order valence-corrected chi connectivity index (χ2v) is 13.4. The van der Waals surface area contributed by atoms with Crippen LogP contribution in [0.3, 0.4) is 0 Å². The Labute approximate surface area is 232 Å². The van der Waals surface area contributed by atoms with E-state index >= 15 is 0 Å². The molecule has 0 aromatic rings. The predicted molar refractivity (Wildman–Crippen MR) is 151 cm³/mol. The van der Waals surface area contributed by atoms with Gasteiger partial charge in [-0.3, -0.25) is 0 Å². The molecular weight excluding hydrogens is 528 g/mol. The molecule has 10 nitrogen and oxygen atoms in total. The molecule has 0 heterocycles. The van der Waals surface area contributed by atoms with Crippen LogP contribution in [0.5, 0.6) is 0 Å². The summed E-state index contributed by atoms with van der Waals surface area (Å²) in [6.45, 7) is 28.1. The molecule has 0 fully saturated rings. The molecule has 2 unspecified atom stereocenters. The molecule has 38 heavy (non-hydrogen) atoms. The van der Waals surface area contributed by atoms with Crippen LogP contribution in [0, 0.1) is 0 Å². The molecule has 0 saturated carbocycles. The molecule has 0 N–H and O–H groups in total. The first-order valence-electron chi connectivity index (χ1n) is 13.5. The lowest BCUT2D eigenvalue weighted by molar-refractivity contribution is -0.145. The monoisotopic (exact) mass is 580 g/mol. The zero-order chi connectivity index (χ0) is 29.8. The van der Waals surface area contributed by atoms with E-state index < -0.39 is 41.0 Å². The Morgan fingerprint density at radius 1 is 0.526 bits per heavy atom. The van der Waals surface area contributed by atoms with Crippen molar-refractivity contribution >= 4 is 29.5 Å². The van der Waals surface area contributed by atoms with Crippen molar-refractivity contribution in [3.05, 3.63) is 24.3 Å². The van der Waals surface area contributed by atoms with E-state index in [-0.39, 0.29) is 0 Å². The smallest absolute Gasteiger partial charge is 0.454 e. The van der Waals surface area contributed by atoms with Crippen molar-refractivity contribution in [2.45, 2.75) is 93.5 Å². The van der Waals surface area contributed by atoms with Crippen LogP contribution in [0.2, 0.25) is 0 Å².